The topological polar surface area (TPSA) is 37.8 Å². The summed E-state index contributed by atoms with van der Waals surface area (Å²) in [7, 11) is 0. The highest BCUT2D eigenvalue weighted by atomic mass is 32.1. The molecule has 2 aromatic rings. The largest absolute Gasteiger partial charge is 0.366 e. The van der Waals surface area contributed by atoms with Crippen molar-refractivity contribution in [2.24, 2.45) is 5.92 Å². The van der Waals surface area contributed by atoms with Gasteiger partial charge in [-0.25, -0.2) is 9.97 Å². The second-order valence-corrected chi connectivity index (χ2v) is 5.09. The van der Waals surface area contributed by atoms with Crippen molar-refractivity contribution < 1.29 is 0 Å². The second-order valence-electron chi connectivity index (χ2n) is 4.18. The van der Waals surface area contributed by atoms with Gasteiger partial charge < -0.3 is 5.32 Å². The molecule has 16 heavy (non-hydrogen) atoms. The third kappa shape index (κ3) is 2.16. The Kier molecular flexibility index (Phi) is 3.39. The summed E-state index contributed by atoms with van der Waals surface area (Å²) in [6, 6.07) is 2.46. The minimum atomic E-state index is 0.435. The van der Waals surface area contributed by atoms with Gasteiger partial charge in [0.1, 0.15) is 12.1 Å². The third-order valence-electron chi connectivity index (χ3n) is 3.11. The van der Waals surface area contributed by atoms with Crippen molar-refractivity contribution in [3.05, 3.63) is 17.8 Å². The standard InChI is InChI=1S/C12H17N3S/c1-4-8(2)9(3)15-12-11-10(5-6-16-11)13-7-14-12/h5-9H,4H2,1-3H3,(H,13,14,15). The summed E-state index contributed by atoms with van der Waals surface area (Å²) in [5.74, 6) is 1.61. The molecular weight excluding hydrogens is 218 g/mol. The van der Waals surface area contributed by atoms with Crippen LogP contribution in [0.1, 0.15) is 27.2 Å². The first-order valence-electron chi connectivity index (χ1n) is 5.67. The van der Waals surface area contributed by atoms with Gasteiger partial charge in [-0.05, 0) is 24.3 Å². The van der Waals surface area contributed by atoms with Crippen LogP contribution in [-0.4, -0.2) is 16.0 Å². The number of nitrogens with zero attached hydrogens (tertiary/aromatic N) is 2. The molecular formula is C12H17N3S. The van der Waals surface area contributed by atoms with Crippen LogP contribution in [0.15, 0.2) is 17.8 Å². The van der Waals surface area contributed by atoms with Crippen molar-refractivity contribution in [1.82, 2.24) is 9.97 Å². The Hall–Kier alpha value is -1.16. The highest BCUT2D eigenvalue weighted by Crippen LogP contribution is 2.26. The van der Waals surface area contributed by atoms with E-state index in [0.29, 0.717) is 12.0 Å². The summed E-state index contributed by atoms with van der Waals surface area (Å²) in [4.78, 5) is 8.56. The first-order chi connectivity index (χ1) is 7.72. The molecule has 2 unspecified atom stereocenters. The van der Waals surface area contributed by atoms with Crippen LogP contribution in [0.25, 0.3) is 10.2 Å². The van der Waals surface area contributed by atoms with Crippen molar-refractivity contribution in [3.63, 3.8) is 0 Å². The van der Waals surface area contributed by atoms with Gasteiger partial charge in [-0.15, -0.1) is 11.3 Å². The number of hydrogen-bond donors (Lipinski definition) is 1. The molecule has 0 aromatic carbocycles. The van der Waals surface area contributed by atoms with Gasteiger partial charge in [0.25, 0.3) is 0 Å². The second kappa shape index (κ2) is 4.78. The Morgan fingerprint density at radius 2 is 2.19 bits per heavy atom. The van der Waals surface area contributed by atoms with Crippen molar-refractivity contribution in [1.29, 1.82) is 0 Å². The number of thiophene rings is 1. The van der Waals surface area contributed by atoms with Gasteiger partial charge in [-0.3, -0.25) is 0 Å². The van der Waals surface area contributed by atoms with Crippen LogP contribution in [0.2, 0.25) is 0 Å². The van der Waals surface area contributed by atoms with Crippen LogP contribution in [-0.2, 0) is 0 Å². The van der Waals surface area contributed by atoms with E-state index in [1.54, 1.807) is 17.7 Å². The molecule has 2 aromatic heterocycles. The summed E-state index contributed by atoms with van der Waals surface area (Å²) in [5.41, 5.74) is 1.03. The zero-order valence-electron chi connectivity index (χ0n) is 9.90. The predicted molar refractivity (Wildman–Crippen MR) is 70.0 cm³/mol. The van der Waals surface area contributed by atoms with Crippen LogP contribution in [0.4, 0.5) is 5.82 Å². The number of nitrogens with one attached hydrogen (secondary N) is 1. The fourth-order valence-electron chi connectivity index (χ4n) is 1.60. The number of rotatable bonds is 4. The molecule has 0 saturated carbocycles. The van der Waals surface area contributed by atoms with E-state index in [2.05, 4.69) is 41.4 Å². The maximum absolute atomic E-state index is 4.32. The molecule has 3 nitrogen and oxygen atoms in total. The minimum absolute atomic E-state index is 0.435. The Balaban J connectivity index is 2.23. The van der Waals surface area contributed by atoms with Gasteiger partial charge in [-0.2, -0.15) is 0 Å². The molecule has 0 fully saturated rings. The first-order valence-corrected chi connectivity index (χ1v) is 6.55. The third-order valence-corrected chi connectivity index (χ3v) is 4.02. The Bertz CT molecular complexity index is 466. The molecule has 2 rings (SSSR count). The van der Waals surface area contributed by atoms with Crippen LogP contribution < -0.4 is 5.32 Å². The molecule has 0 saturated heterocycles. The quantitative estimate of drug-likeness (QED) is 0.880. The van der Waals surface area contributed by atoms with Crippen LogP contribution in [0.3, 0.4) is 0 Å². The first kappa shape index (κ1) is 11.3. The Morgan fingerprint density at radius 1 is 1.38 bits per heavy atom. The Morgan fingerprint density at radius 3 is 2.94 bits per heavy atom. The molecule has 1 N–H and O–H groups in total. The van der Waals surface area contributed by atoms with Gasteiger partial charge in [0.2, 0.25) is 0 Å². The van der Waals surface area contributed by atoms with Gasteiger partial charge in [0, 0.05) is 6.04 Å². The SMILES string of the molecule is CCC(C)C(C)Nc1ncnc2ccsc12. The lowest BCUT2D eigenvalue weighted by molar-refractivity contribution is 0.494. The lowest BCUT2D eigenvalue weighted by atomic mass is 10.0. The molecule has 0 radical (unpaired) electrons. The lowest BCUT2D eigenvalue weighted by Gasteiger charge is -2.20. The summed E-state index contributed by atoms with van der Waals surface area (Å²) in [6.45, 7) is 6.67. The average Bonchev–Trinajstić information content (AvgIpc) is 2.77. The number of aromatic nitrogens is 2. The number of anilines is 1. The number of hydrogen-bond acceptors (Lipinski definition) is 4. The summed E-state index contributed by atoms with van der Waals surface area (Å²) < 4.78 is 1.15. The number of fused-ring (bicyclic) bond motifs is 1. The van der Waals surface area contributed by atoms with E-state index in [1.165, 1.54) is 6.42 Å². The molecule has 0 aliphatic carbocycles. The van der Waals surface area contributed by atoms with E-state index in [0.717, 1.165) is 16.0 Å². The predicted octanol–water partition coefficient (Wildman–Crippen LogP) is 3.54. The molecule has 86 valence electrons. The van der Waals surface area contributed by atoms with E-state index < -0.39 is 0 Å². The molecule has 0 bridgehead atoms. The van der Waals surface area contributed by atoms with Gasteiger partial charge >= 0.3 is 0 Å². The molecule has 2 atom stereocenters. The van der Waals surface area contributed by atoms with Gasteiger partial charge in [-0.1, -0.05) is 20.3 Å². The molecule has 0 spiro atoms. The minimum Gasteiger partial charge on any atom is -0.366 e. The highest BCUT2D eigenvalue weighted by Gasteiger charge is 2.12. The Labute approximate surface area is 99.9 Å². The summed E-state index contributed by atoms with van der Waals surface area (Å²) in [5, 5.41) is 5.53. The van der Waals surface area contributed by atoms with E-state index in [1.807, 2.05) is 6.07 Å². The zero-order chi connectivity index (χ0) is 11.5. The maximum atomic E-state index is 4.32. The average molecular weight is 235 g/mol. The zero-order valence-corrected chi connectivity index (χ0v) is 10.7. The molecule has 0 aliphatic rings. The maximum Gasteiger partial charge on any atom is 0.147 e. The smallest absolute Gasteiger partial charge is 0.147 e. The van der Waals surface area contributed by atoms with E-state index in [9.17, 15) is 0 Å². The van der Waals surface area contributed by atoms with E-state index >= 15 is 0 Å². The fourth-order valence-corrected chi connectivity index (χ4v) is 2.40. The highest BCUT2D eigenvalue weighted by molar-refractivity contribution is 7.17. The molecule has 0 aliphatic heterocycles. The molecule has 4 heteroatoms. The summed E-state index contributed by atoms with van der Waals surface area (Å²) in [6.07, 6.45) is 2.80. The molecule has 0 amide bonds. The molecule has 2 heterocycles. The van der Waals surface area contributed by atoms with E-state index in [-0.39, 0.29) is 0 Å². The van der Waals surface area contributed by atoms with Gasteiger partial charge in [0.15, 0.2) is 0 Å². The normalized spacial score (nSPS) is 14.9. The van der Waals surface area contributed by atoms with Crippen molar-refractivity contribution in [3.8, 4) is 0 Å². The van der Waals surface area contributed by atoms with Crippen LogP contribution in [0.5, 0.6) is 0 Å². The lowest BCUT2D eigenvalue weighted by Crippen LogP contribution is -2.23. The van der Waals surface area contributed by atoms with Crippen LogP contribution >= 0.6 is 11.3 Å². The van der Waals surface area contributed by atoms with Crippen LogP contribution in [0, 0.1) is 5.92 Å². The van der Waals surface area contributed by atoms with Crippen molar-refractivity contribution in [2.75, 3.05) is 5.32 Å². The fraction of sp³-hybridized carbons (Fsp3) is 0.500. The van der Waals surface area contributed by atoms with Crippen molar-refractivity contribution in [2.45, 2.75) is 33.2 Å². The monoisotopic (exact) mass is 235 g/mol. The summed E-state index contributed by atoms with van der Waals surface area (Å²) >= 11 is 1.69. The van der Waals surface area contributed by atoms with Crippen molar-refractivity contribution >= 4 is 27.4 Å². The van der Waals surface area contributed by atoms with E-state index in [4.69, 9.17) is 0 Å². The van der Waals surface area contributed by atoms with Gasteiger partial charge in [0.05, 0.1) is 10.2 Å².